The van der Waals surface area contributed by atoms with Crippen LogP contribution in [0.3, 0.4) is 0 Å². The Labute approximate surface area is 125 Å². The van der Waals surface area contributed by atoms with Gasteiger partial charge in [0, 0.05) is 22.3 Å². The molecular weight excluding hydrogens is 325 g/mol. The maximum Gasteiger partial charge on any atom is 0.142 e. The van der Waals surface area contributed by atoms with E-state index in [2.05, 4.69) is 35.0 Å². The molecule has 2 N–H and O–H groups in total. The van der Waals surface area contributed by atoms with Crippen LogP contribution in [0.15, 0.2) is 51.8 Å². The Bertz CT molecular complexity index is 574. The maximum absolute atomic E-state index is 13.9. The first-order valence-electron chi connectivity index (χ1n) is 5.97. The van der Waals surface area contributed by atoms with Gasteiger partial charge < -0.3 is 5.73 Å². The summed E-state index contributed by atoms with van der Waals surface area (Å²) in [6, 6.07) is 13.0. The van der Waals surface area contributed by atoms with Crippen molar-refractivity contribution in [2.24, 2.45) is 5.73 Å². The first kappa shape index (κ1) is 14.6. The van der Waals surface area contributed by atoms with Crippen LogP contribution in [0.5, 0.6) is 0 Å². The molecule has 0 spiro atoms. The van der Waals surface area contributed by atoms with Crippen LogP contribution in [0.4, 0.5) is 4.39 Å². The Morgan fingerprint density at radius 1 is 1.21 bits per heavy atom. The van der Waals surface area contributed by atoms with Crippen molar-refractivity contribution < 1.29 is 4.39 Å². The minimum absolute atomic E-state index is 0.264. The normalized spacial score (nSPS) is 12.4. The second-order valence-electron chi connectivity index (χ2n) is 4.33. The predicted octanol–water partition coefficient (Wildman–Crippen LogP) is 4.69. The molecule has 0 aromatic heterocycles. The van der Waals surface area contributed by atoms with E-state index in [-0.39, 0.29) is 11.9 Å². The lowest BCUT2D eigenvalue weighted by Gasteiger charge is -2.14. The molecule has 2 rings (SSSR count). The van der Waals surface area contributed by atoms with Crippen molar-refractivity contribution in [2.75, 3.05) is 5.75 Å². The Balaban J connectivity index is 2.08. The third-order valence-electron chi connectivity index (χ3n) is 2.89. The Morgan fingerprint density at radius 3 is 2.68 bits per heavy atom. The second kappa shape index (κ2) is 6.55. The fraction of sp³-hybridized carbons (Fsp3) is 0.200. The molecule has 1 nitrogen and oxygen atoms in total. The highest BCUT2D eigenvalue weighted by Gasteiger charge is 2.14. The first-order chi connectivity index (χ1) is 9.09. The lowest BCUT2D eigenvalue weighted by Crippen LogP contribution is -2.15. The summed E-state index contributed by atoms with van der Waals surface area (Å²) in [5.74, 6) is 0.387. The van der Waals surface area contributed by atoms with Gasteiger partial charge in [-0.2, -0.15) is 0 Å². The molecule has 0 saturated heterocycles. The molecule has 0 radical (unpaired) electrons. The average Bonchev–Trinajstić information content (AvgIpc) is 2.40. The van der Waals surface area contributed by atoms with Crippen LogP contribution in [-0.2, 0) is 0 Å². The number of thioether (sulfide) groups is 1. The molecule has 2 aromatic rings. The molecule has 0 aliphatic heterocycles. The molecule has 0 saturated carbocycles. The fourth-order valence-corrected chi connectivity index (χ4v) is 3.19. The molecule has 4 heteroatoms. The Morgan fingerprint density at radius 2 is 1.95 bits per heavy atom. The zero-order valence-electron chi connectivity index (χ0n) is 10.6. The summed E-state index contributed by atoms with van der Waals surface area (Å²) in [5, 5.41) is 0. The summed E-state index contributed by atoms with van der Waals surface area (Å²) >= 11 is 4.84. The third-order valence-corrected chi connectivity index (χ3v) is 4.80. The van der Waals surface area contributed by atoms with Crippen LogP contribution in [0.1, 0.15) is 17.2 Å². The van der Waals surface area contributed by atoms with E-state index in [0.717, 1.165) is 0 Å². The number of rotatable bonds is 4. The van der Waals surface area contributed by atoms with Crippen molar-refractivity contribution >= 4 is 27.7 Å². The Hall–Kier alpha value is -0.840. The summed E-state index contributed by atoms with van der Waals surface area (Å²) in [6.07, 6.45) is 0. The molecule has 0 fully saturated rings. The lowest BCUT2D eigenvalue weighted by molar-refractivity contribution is 0.589. The van der Waals surface area contributed by atoms with E-state index in [1.54, 1.807) is 30.0 Å². The molecule has 1 atom stereocenters. The van der Waals surface area contributed by atoms with Crippen molar-refractivity contribution in [3.05, 3.63) is 63.9 Å². The van der Waals surface area contributed by atoms with E-state index in [1.165, 1.54) is 10.5 Å². The van der Waals surface area contributed by atoms with Crippen molar-refractivity contribution in [3.8, 4) is 0 Å². The highest BCUT2D eigenvalue weighted by atomic mass is 79.9. The van der Waals surface area contributed by atoms with E-state index in [4.69, 9.17) is 5.73 Å². The number of hydrogen-bond acceptors (Lipinski definition) is 2. The van der Waals surface area contributed by atoms with E-state index in [9.17, 15) is 4.39 Å². The molecule has 2 aromatic carbocycles. The second-order valence-corrected chi connectivity index (χ2v) is 6.24. The number of aryl methyl sites for hydroxylation is 1. The summed E-state index contributed by atoms with van der Waals surface area (Å²) in [7, 11) is 0. The van der Waals surface area contributed by atoms with E-state index in [0.29, 0.717) is 15.8 Å². The van der Waals surface area contributed by atoms with Crippen LogP contribution in [0, 0.1) is 12.7 Å². The van der Waals surface area contributed by atoms with Gasteiger partial charge >= 0.3 is 0 Å². The highest BCUT2D eigenvalue weighted by molar-refractivity contribution is 9.10. The van der Waals surface area contributed by atoms with Crippen LogP contribution >= 0.6 is 27.7 Å². The van der Waals surface area contributed by atoms with Gasteiger partial charge in [-0.25, -0.2) is 4.39 Å². The van der Waals surface area contributed by atoms with Crippen LogP contribution in [0.25, 0.3) is 0 Å². The van der Waals surface area contributed by atoms with E-state index >= 15 is 0 Å². The number of halogens is 2. The van der Waals surface area contributed by atoms with Crippen molar-refractivity contribution in [2.45, 2.75) is 17.9 Å². The lowest BCUT2D eigenvalue weighted by atomic mass is 10.1. The van der Waals surface area contributed by atoms with Crippen LogP contribution in [0.2, 0.25) is 0 Å². The van der Waals surface area contributed by atoms with Gasteiger partial charge in [-0.1, -0.05) is 30.3 Å². The van der Waals surface area contributed by atoms with Gasteiger partial charge in [0.2, 0.25) is 0 Å². The number of nitrogens with two attached hydrogens (primary N) is 1. The van der Waals surface area contributed by atoms with Crippen LogP contribution < -0.4 is 5.73 Å². The number of benzene rings is 2. The molecule has 19 heavy (non-hydrogen) atoms. The Kier molecular flexibility index (Phi) is 5.02. The molecular formula is C15H15BrFNS. The van der Waals surface area contributed by atoms with Gasteiger partial charge in [-0.05, 0) is 40.5 Å². The van der Waals surface area contributed by atoms with Crippen molar-refractivity contribution in [1.82, 2.24) is 0 Å². The maximum atomic E-state index is 13.9. The van der Waals surface area contributed by atoms with Gasteiger partial charge in [0.15, 0.2) is 0 Å². The van der Waals surface area contributed by atoms with Gasteiger partial charge in [-0.15, -0.1) is 11.8 Å². The molecule has 0 heterocycles. The topological polar surface area (TPSA) is 26.0 Å². The molecule has 1 unspecified atom stereocenters. The summed E-state index contributed by atoms with van der Waals surface area (Å²) in [5.41, 5.74) is 7.85. The highest BCUT2D eigenvalue weighted by Crippen LogP contribution is 2.28. The molecule has 0 amide bonds. The molecule has 100 valence electrons. The summed E-state index contributed by atoms with van der Waals surface area (Å²) < 4.78 is 14.4. The largest absolute Gasteiger partial charge is 0.323 e. The van der Waals surface area contributed by atoms with Gasteiger partial charge in [0.05, 0.1) is 4.47 Å². The minimum Gasteiger partial charge on any atom is -0.323 e. The standard InChI is InChI=1S/C15H15BrFNS/c1-10-5-2-3-8-14(10)19-9-13(18)11-6-4-7-12(16)15(11)17/h2-8,13H,9,18H2,1H3. The third kappa shape index (κ3) is 3.59. The SMILES string of the molecule is Cc1ccccc1SCC(N)c1cccc(Br)c1F. The molecule has 0 aliphatic rings. The number of hydrogen-bond donors (Lipinski definition) is 1. The molecule has 0 aliphatic carbocycles. The van der Waals surface area contributed by atoms with Crippen molar-refractivity contribution in [3.63, 3.8) is 0 Å². The quantitative estimate of drug-likeness (QED) is 0.817. The zero-order valence-corrected chi connectivity index (χ0v) is 13.0. The zero-order chi connectivity index (χ0) is 13.8. The monoisotopic (exact) mass is 339 g/mol. The van der Waals surface area contributed by atoms with Gasteiger partial charge in [0.1, 0.15) is 5.82 Å². The minimum atomic E-state index is -0.317. The fourth-order valence-electron chi connectivity index (χ4n) is 1.79. The van der Waals surface area contributed by atoms with Gasteiger partial charge in [-0.3, -0.25) is 0 Å². The molecule has 0 bridgehead atoms. The van der Waals surface area contributed by atoms with Crippen LogP contribution in [-0.4, -0.2) is 5.75 Å². The predicted molar refractivity (Wildman–Crippen MR) is 82.9 cm³/mol. The first-order valence-corrected chi connectivity index (χ1v) is 7.75. The van der Waals surface area contributed by atoms with Gasteiger partial charge in [0.25, 0.3) is 0 Å². The summed E-state index contributed by atoms with van der Waals surface area (Å²) in [6.45, 7) is 2.06. The average molecular weight is 340 g/mol. The summed E-state index contributed by atoms with van der Waals surface area (Å²) in [4.78, 5) is 1.19. The van der Waals surface area contributed by atoms with E-state index in [1.807, 2.05) is 12.1 Å². The van der Waals surface area contributed by atoms with E-state index < -0.39 is 0 Å². The smallest absolute Gasteiger partial charge is 0.142 e. The van der Waals surface area contributed by atoms with Crippen molar-refractivity contribution in [1.29, 1.82) is 0 Å².